The first-order chi connectivity index (χ1) is 16.6. The maximum absolute atomic E-state index is 14.9. The van der Waals surface area contributed by atoms with Gasteiger partial charge in [0.2, 0.25) is 0 Å². The summed E-state index contributed by atoms with van der Waals surface area (Å²) in [6.07, 6.45) is 4.50. The topological polar surface area (TPSA) is 35.5 Å². The molecule has 35 heavy (non-hydrogen) atoms. The third-order valence-electron chi connectivity index (χ3n) is 6.00. The monoisotopic (exact) mass is 474 g/mol. The molecule has 0 saturated heterocycles. The van der Waals surface area contributed by atoms with Crippen LogP contribution in [-0.2, 0) is 16.8 Å². The SMILES string of the molecule is C/C=C/[C@@H](CC(C)=O)c1ccc(OCc2ccc(C(C)(C)C)c(-c3cc(OC)ccc3F)c2)cc1. The van der Waals surface area contributed by atoms with Gasteiger partial charge in [-0.2, -0.15) is 0 Å². The molecule has 0 N–H and O–H groups in total. The predicted octanol–water partition coefficient (Wildman–Crippen LogP) is 8.02. The lowest BCUT2D eigenvalue weighted by molar-refractivity contribution is -0.117. The third kappa shape index (κ3) is 6.82. The molecule has 4 heteroatoms. The highest BCUT2D eigenvalue weighted by Crippen LogP contribution is 2.37. The van der Waals surface area contributed by atoms with Gasteiger partial charge < -0.3 is 9.47 Å². The zero-order valence-corrected chi connectivity index (χ0v) is 21.5. The van der Waals surface area contributed by atoms with E-state index in [4.69, 9.17) is 9.47 Å². The molecule has 0 bridgehead atoms. The van der Waals surface area contributed by atoms with Crippen molar-refractivity contribution in [3.8, 4) is 22.6 Å². The van der Waals surface area contributed by atoms with Crippen molar-refractivity contribution in [3.05, 3.63) is 95.3 Å². The van der Waals surface area contributed by atoms with Gasteiger partial charge in [-0.05, 0) is 77.9 Å². The van der Waals surface area contributed by atoms with Crippen LogP contribution in [0.5, 0.6) is 11.5 Å². The van der Waals surface area contributed by atoms with Gasteiger partial charge in [0.1, 0.15) is 29.7 Å². The van der Waals surface area contributed by atoms with Crippen LogP contribution in [0.4, 0.5) is 4.39 Å². The first-order valence-electron chi connectivity index (χ1n) is 11.9. The van der Waals surface area contributed by atoms with Crippen molar-refractivity contribution in [1.29, 1.82) is 0 Å². The van der Waals surface area contributed by atoms with Crippen LogP contribution in [0.1, 0.15) is 63.6 Å². The van der Waals surface area contributed by atoms with Crippen molar-refractivity contribution in [3.63, 3.8) is 0 Å². The lowest BCUT2D eigenvalue weighted by atomic mass is 9.81. The van der Waals surface area contributed by atoms with E-state index in [2.05, 4.69) is 26.8 Å². The van der Waals surface area contributed by atoms with Gasteiger partial charge in [0, 0.05) is 17.9 Å². The molecule has 0 aromatic heterocycles. The maximum atomic E-state index is 14.9. The van der Waals surface area contributed by atoms with Gasteiger partial charge in [-0.1, -0.05) is 57.2 Å². The average molecular weight is 475 g/mol. The van der Waals surface area contributed by atoms with Crippen LogP contribution in [0.2, 0.25) is 0 Å². The summed E-state index contributed by atoms with van der Waals surface area (Å²) < 4.78 is 26.3. The summed E-state index contributed by atoms with van der Waals surface area (Å²) in [5, 5.41) is 0. The Bertz CT molecular complexity index is 1190. The molecule has 1 atom stereocenters. The fourth-order valence-corrected chi connectivity index (χ4v) is 4.21. The molecular weight excluding hydrogens is 439 g/mol. The Labute approximate surface area is 208 Å². The number of rotatable bonds is 9. The number of hydrogen-bond acceptors (Lipinski definition) is 3. The van der Waals surface area contributed by atoms with Gasteiger partial charge in [0.15, 0.2) is 0 Å². The van der Waals surface area contributed by atoms with Crippen molar-refractivity contribution < 1.29 is 18.7 Å². The number of ketones is 1. The normalized spacial score (nSPS) is 12.5. The van der Waals surface area contributed by atoms with Crippen molar-refractivity contribution in [2.75, 3.05) is 7.11 Å². The molecule has 0 aliphatic carbocycles. The van der Waals surface area contributed by atoms with Crippen molar-refractivity contribution in [2.45, 2.75) is 59.0 Å². The Kier molecular flexibility index (Phi) is 8.50. The molecule has 0 spiro atoms. The minimum atomic E-state index is -0.286. The highest BCUT2D eigenvalue weighted by Gasteiger charge is 2.21. The summed E-state index contributed by atoms with van der Waals surface area (Å²) >= 11 is 0. The van der Waals surface area contributed by atoms with Crippen LogP contribution in [0.25, 0.3) is 11.1 Å². The summed E-state index contributed by atoms with van der Waals surface area (Å²) in [6.45, 7) is 10.3. The van der Waals surface area contributed by atoms with Crippen LogP contribution in [0, 0.1) is 5.82 Å². The van der Waals surface area contributed by atoms with Crippen molar-refractivity contribution in [2.24, 2.45) is 0 Å². The number of ether oxygens (including phenoxy) is 2. The summed E-state index contributed by atoms with van der Waals surface area (Å²) in [4.78, 5) is 11.6. The zero-order valence-electron chi connectivity index (χ0n) is 21.5. The van der Waals surface area contributed by atoms with Gasteiger partial charge in [-0.25, -0.2) is 4.39 Å². The van der Waals surface area contributed by atoms with E-state index in [-0.39, 0.29) is 22.9 Å². The van der Waals surface area contributed by atoms with Gasteiger partial charge in [0.05, 0.1) is 7.11 Å². The lowest BCUT2D eigenvalue weighted by Gasteiger charge is -2.24. The molecule has 0 unspecified atom stereocenters. The van der Waals surface area contributed by atoms with E-state index in [0.717, 1.165) is 28.0 Å². The molecular formula is C31H35FO3. The Morgan fingerprint density at radius 1 is 0.971 bits per heavy atom. The third-order valence-corrected chi connectivity index (χ3v) is 6.00. The van der Waals surface area contributed by atoms with Crippen LogP contribution in [0.3, 0.4) is 0 Å². The second-order valence-corrected chi connectivity index (χ2v) is 9.87. The number of benzene rings is 3. The smallest absolute Gasteiger partial charge is 0.131 e. The standard InChI is InChI=1S/C31H35FO3/c1-7-8-24(17-21(2)33)23-10-12-25(13-11-23)35-20-22-9-15-29(31(3,4)5)27(18-22)28-19-26(34-6)14-16-30(28)32/h7-16,18-19,24H,17,20H2,1-6H3/b8-7+/t24-/m0/s1. The molecule has 0 heterocycles. The summed E-state index contributed by atoms with van der Waals surface area (Å²) in [5.41, 5.74) is 4.27. The van der Waals surface area contributed by atoms with Crippen LogP contribution in [-0.4, -0.2) is 12.9 Å². The van der Waals surface area contributed by atoms with E-state index in [1.165, 1.54) is 6.07 Å². The summed E-state index contributed by atoms with van der Waals surface area (Å²) in [7, 11) is 1.58. The number of methoxy groups -OCH3 is 1. The number of halogens is 1. The number of Topliss-reactive ketones (excluding diaryl/α,β-unsaturated/α-hetero) is 1. The Balaban J connectivity index is 1.85. The van der Waals surface area contributed by atoms with Crippen molar-refractivity contribution in [1.82, 2.24) is 0 Å². The number of carbonyl (C=O) groups excluding carboxylic acids is 1. The molecule has 184 valence electrons. The minimum Gasteiger partial charge on any atom is -0.497 e. The maximum Gasteiger partial charge on any atom is 0.131 e. The highest BCUT2D eigenvalue weighted by molar-refractivity contribution is 5.76. The molecule has 3 aromatic carbocycles. The molecule has 0 amide bonds. The molecule has 3 aromatic rings. The molecule has 0 saturated carbocycles. The first kappa shape index (κ1) is 26.2. The van der Waals surface area contributed by atoms with E-state index in [0.29, 0.717) is 24.3 Å². The van der Waals surface area contributed by atoms with Crippen molar-refractivity contribution >= 4 is 5.78 Å². The zero-order chi connectivity index (χ0) is 25.6. The van der Waals surface area contributed by atoms with Gasteiger partial charge in [-0.3, -0.25) is 4.79 Å². The van der Waals surface area contributed by atoms with Gasteiger partial charge >= 0.3 is 0 Å². The molecule has 0 aliphatic rings. The summed E-state index contributed by atoms with van der Waals surface area (Å²) in [5.74, 6) is 1.30. The van der Waals surface area contributed by atoms with Crippen LogP contribution in [0.15, 0.2) is 72.8 Å². The second-order valence-electron chi connectivity index (χ2n) is 9.87. The number of hydrogen-bond donors (Lipinski definition) is 0. The quantitative estimate of drug-likeness (QED) is 0.295. The van der Waals surface area contributed by atoms with E-state index in [1.54, 1.807) is 26.2 Å². The average Bonchev–Trinajstić information content (AvgIpc) is 2.82. The lowest BCUT2D eigenvalue weighted by Crippen LogP contribution is -2.13. The Morgan fingerprint density at radius 2 is 1.66 bits per heavy atom. The first-order valence-corrected chi connectivity index (χ1v) is 11.9. The number of carbonyl (C=O) groups is 1. The Morgan fingerprint density at radius 3 is 2.26 bits per heavy atom. The highest BCUT2D eigenvalue weighted by atomic mass is 19.1. The van der Waals surface area contributed by atoms with Crippen LogP contribution >= 0.6 is 0 Å². The predicted molar refractivity (Wildman–Crippen MR) is 141 cm³/mol. The second kappa shape index (κ2) is 11.4. The summed E-state index contributed by atoms with van der Waals surface area (Å²) in [6, 6.07) is 18.8. The molecule has 0 aliphatic heterocycles. The fraction of sp³-hybridized carbons (Fsp3) is 0.323. The largest absolute Gasteiger partial charge is 0.497 e. The van der Waals surface area contributed by atoms with E-state index < -0.39 is 0 Å². The molecule has 3 rings (SSSR count). The molecule has 3 nitrogen and oxygen atoms in total. The fourth-order valence-electron chi connectivity index (χ4n) is 4.21. The van der Waals surface area contributed by atoms with E-state index in [9.17, 15) is 9.18 Å². The minimum absolute atomic E-state index is 0.0665. The van der Waals surface area contributed by atoms with Gasteiger partial charge in [0.25, 0.3) is 0 Å². The Hall–Kier alpha value is -3.40. The molecule has 0 radical (unpaired) electrons. The van der Waals surface area contributed by atoms with E-state index >= 15 is 0 Å². The van der Waals surface area contributed by atoms with Crippen LogP contribution < -0.4 is 9.47 Å². The van der Waals surface area contributed by atoms with E-state index in [1.807, 2.05) is 55.5 Å². The number of allylic oxidation sites excluding steroid dienone is 2. The molecule has 0 fully saturated rings. The van der Waals surface area contributed by atoms with Gasteiger partial charge in [-0.15, -0.1) is 0 Å².